The minimum absolute atomic E-state index is 0.141. The molecule has 1 aliphatic carbocycles. The number of rotatable bonds is 4. The number of aromatic nitrogens is 3. The Morgan fingerprint density at radius 1 is 0.939 bits per heavy atom. The number of piperazine rings is 1. The van der Waals surface area contributed by atoms with Crippen LogP contribution in [0.1, 0.15) is 31.4 Å². The average Bonchev–Trinajstić information content (AvgIpc) is 3.11. The summed E-state index contributed by atoms with van der Waals surface area (Å²) >= 11 is 0. The van der Waals surface area contributed by atoms with Crippen LogP contribution in [0.5, 0.6) is 5.88 Å². The summed E-state index contributed by atoms with van der Waals surface area (Å²) in [4.78, 5) is 55.7. The van der Waals surface area contributed by atoms with Crippen molar-refractivity contribution in [2.75, 3.05) is 31.1 Å². The van der Waals surface area contributed by atoms with Crippen molar-refractivity contribution in [2.24, 2.45) is 11.8 Å². The maximum absolute atomic E-state index is 12.7. The van der Waals surface area contributed by atoms with Gasteiger partial charge in [-0.05, 0) is 18.9 Å². The molecule has 2 atom stereocenters. The van der Waals surface area contributed by atoms with E-state index in [4.69, 9.17) is 4.74 Å². The third kappa shape index (κ3) is 4.43. The van der Waals surface area contributed by atoms with Crippen molar-refractivity contribution in [1.29, 1.82) is 0 Å². The smallest absolute Gasteiger partial charge is 0.391 e. The van der Waals surface area contributed by atoms with Crippen molar-refractivity contribution < 1.29 is 19.1 Å². The van der Waals surface area contributed by atoms with Gasteiger partial charge in [0.15, 0.2) is 0 Å². The maximum Gasteiger partial charge on any atom is 0.416 e. The third-order valence-electron chi connectivity index (χ3n) is 6.64. The predicted molar refractivity (Wildman–Crippen MR) is 117 cm³/mol. The molecule has 2 aliphatic heterocycles. The van der Waals surface area contributed by atoms with Crippen molar-refractivity contribution in [3.8, 4) is 5.88 Å². The Labute approximate surface area is 191 Å². The molecule has 3 fully saturated rings. The van der Waals surface area contributed by atoms with Crippen LogP contribution < -0.4 is 9.64 Å². The lowest BCUT2D eigenvalue weighted by Gasteiger charge is -2.33. The summed E-state index contributed by atoms with van der Waals surface area (Å²) in [7, 11) is 0. The molecule has 2 saturated heterocycles. The molecule has 2 aromatic rings. The van der Waals surface area contributed by atoms with E-state index in [2.05, 4.69) is 19.9 Å². The van der Waals surface area contributed by atoms with Crippen LogP contribution in [0, 0.1) is 11.8 Å². The van der Waals surface area contributed by atoms with Gasteiger partial charge in [0.1, 0.15) is 0 Å². The van der Waals surface area contributed by atoms with Gasteiger partial charge >= 0.3 is 6.09 Å². The zero-order chi connectivity index (χ0) is 22.8. The van der Waals surface area contributed by atoms with Gasteiger partial charge in [0, 0.05) is 57.4 Å². The van der Waals surface area contributed by atoms with Gasteiger partial charge in [0.25, 0.3) is 0 Å². The molecule has 33 heavy (non-hydrogen) atoms. The van der Waals surface area contributed by atoms with E-state index < -0.39 is 6.09 Å². The largest absolute Gasteiger partial charge is 0.416 e. The SMILES string of the molecule is O=C(Oc1ccc(N2C(=O)C3CCCCC3C2=O)cn1)N1CCN(Cc2cnccn2)CC1. The number of ether oxygens (including phenoxy) is 1. The van der Waals surface area contributed by atoms with E-state index in [0.29, 0.717) is 38.4 Å². The zero-order valence-corrected chi connectivity index (χ0v) is 18.3. The molecule has 4 heterocycles. The topological polar surface area (TPSA) is 109 Å². The van der Waals surface area contributed by atoms with Gasteiger partial charge in [-0.2, -0.15) is 0 Å². The number of fused-ring (bicyclic) bond motifs is 1. The Hall–Kier alpha value is -3.40. The minimum atomic E-state index is -0.464. The highest BCUT2D eigenvalue weighted by Crippen LogP contribution is 2.40. The normalized spacial score (nSPS) is 23.5. The second kappa shape index (κ2) is 9.22. The van der Waals surface area contributed by atoms with Gasteiger partial charge in [-0.25, -0.2) is 14.7 Å². The van der Waals surface area contributed by atoms with Crippen molar-refractivity contribution in [1.82, 2.24) is 24.8 Å². The standard InChI is InChI=1S/C23H26N6O4/c30-21-18-3-1-2-4-19(18)22(31)29(21)17-5-6-20(26-14-17)33-23(32)28-11-9-27(10-12-28)15-16-13-24-7-8-25-16/h5-8,13-14,18-19H,1-4,9-12,15H2. The molecule has 0 N–H and O–H groups in total. The summed E-state index contributed by atoms with van der Waals surface area (Å²) in [6.45, 7) is 3.18. The Bertz CT molecular complexity index is 999. The maximum atomic E-state index is 12.7. The van der Waals surface area contributed by atoms with Crippen LogP contribution in [-0.4, -0.2) is 68.8 Å². The lowest BCUT2D eigenvalue weighted by Crippen LogP contribution is -2.49. The molecule has 0 aromatic carbocycles. The first-order valence-electron chi connectivity index (χ1n) is 11.4. The minimum Gasteiger partial charge on any atom is -0.391 e. The van der Waals surface area contributed by atoms with Crippen molar-refractivity contribution in [3.05, 3.63) is 42.6 Å². The monoisotopic (exact) mass is 450 g/mol. The summed E-state index contributed by atoms with van der Waals surface area (Å²) in [5.41, 5.74) is 1.32. The summed E-state index contributed by atoms with van der Waals surface area (Å²) in [6.07, 6.45) is 9.51. The number of anilines is 1. The second-order valence-electron chi connectivity index (χ2n) is 8.69. The highest BCUT2D eigenvalue weighted by Gasteiger charge is 2.48. The zero-order valence-electron chi connectivity index (χ0n) is 18.3. The molecule has 0 radical (unpaired) electrons. The molecule has 0 bridgehead atoms. The van der Waals surface area contributed by atoms with Gasteiger partial charge in [-0.15, -0.1) is 0 Å². The molecule has 3 amide bonds. The van der Waals surface area contributed by atoms with E-state index in [0.717, 1.165) is 31.4 Å². The van der Waals surface area contributed by atoms with Crippen LogP contribution in [0.15, 0.2) is 36.9 Å². The van der Waals surface area contributed by atoms with E-state index in [9.17, 15) is 14.4 Å². The molecule has 5 rings (SSSR count). The van der Waals surface area contributed by atoms with Crippen LogP contribution in [0.25, 0.3) is 0 Å². The fourth-order valence-corrected chi connectivity index (χ4v) is 4.87. The summed E-state index contributed by atoms with van der Waals surface area (Å²) in [5.74, 6) is -0.568. The number of carbonyl (C=O) groups excluding carboxylic acids is 3. The Balaban J connectivity index is 1.15. The van der Waals surface area contributed by atoms with Crippen LogP contribution in [-0.2, 0) is 16.1 Å². The number of imide groups is 1. The van der Waals surface area contributed by atoms with Crippen LogP contribution >= 0.6 is 0 Å². The molecule has 2 unspecified atom stereocenters. The van der Waals surface area contributed by atoms with E-state index in [1.807, 2.05) is 0 Å². The van der Waals surface area contributed by atoms with Gasteiger partial charge in [0.05, 0.1) is 29.4 Å². The number of carbonyl (C=O) groups is 3. The van der Waals surface area contributed by atoms with E-state index in [1.165, 1.54) is 17.2 Å². The number of amides is 3. The molecular formula is C23H26N6O4. The van der Waals surface area contributed by atoms with Gasteiger partial charge in [-0.3, -0.25) is 24.5 Å². The van der Waals surface area contributed by atoms with E-state index >= 15 is 0 Å². The Morgan fingerprint density at radius 3 is 2.27 bits per heavy atom. The van der Waals surface area contributed by atoms with Crippen molar-refractivity contribution in [3.63, 3.8) is 0 Å². The molecule has 10 nitrogen and oxygen atoms in total. The molecule has 172 valence electrons. The van der Waals surface area contributed by atoms with E-state index in [1.54, 1.807) is 29.6 Å². The quantitative estimate of drug-likeness (QED) is 0.650. The molecule has 1 saturated carbocycles. The third-order valence-corrected chi connectivity index (χ3v) is 6.64. The highest BCUT2D eigenvalue weighted by molar-refractivity contribution is 6.22. The fourth-order valence-electron chi connectivity index (χ4n) is 4.87. The molecular weight excluding hydrogens is 424 g/mol. The summed E-state index contributed by atoms with van der Waals surface area (Å²) in [6, 6.07) is 3.14. The number of hydrogen-bond donors (Lipinski definition) is 0. The fraction of sp³-hybridized carbons (Fsp3) is 0.478. The number of hydrogen-bond acceptors (Lipinski definition) is 8. The Kier molecular flexibility index (Phi) is 5.99. The molecule has 10 heteroatoms. The van der Waals surface area contributed by atoms with Crippen molar-refractivity contribution in [2.45, 2.75) is 32.2 Å². The first-order valence-corrected chi connectivity index (χ1v) is 11.4. The van der Waals surface area contributed by atoms with E-state index in [-0.39, 0.29) is 29.5 Å². The van der Waals surface area contributed by atoms with Gasteiger partial charge < -0.3 is 9.64 Å². The lowest BCUT2D eigenvalue weighted by atomic mass is 9.81. The second-order valence-corrected chi connectivity index (χ2v) is 8.69. The first kappa shape index (κ1) is 21.4. The first-order chi connectivity index (χ1) is 16.1. The highest BCUT2D eigenvalue weighted by atomic mass is 16.6. The average molecular weight is 450 g/mol. The van der Waals surface area contributed by atoms with Crippen LogP contribution in [0.3, 0.4) is 0 Å². The van der Waals surface area contributed by atoms with Crippen LogP contribution in [0.4, 0.5) is 10.5 Å². The lowest BCUT2D eigenvalue weighted by molar-refractivity contribution is -0.122. The summed E-state index contributed by atoms with van der Waals surface area (Å²) < 4.78 is 5.42. The molecule has 2 aromatic heterocycles. The predicted octanol–water partition coefficient (Wildman–Crippen LogP) is 1.87. The molecule has 0 spiro atoms. The number of nitrogens with zero attached hydrogens (tertiary/aromatic N) is 6. The number of pyridine rings is 1. The Morgan fingerprint density at radius 2 is 1.67 bits per heavy atom. The molecule has 3 aliphatic rings. The van der Waals surface area contributed by atoms with Gasteiger partial charge in [0.2, 0.25) is 17.7 Å². The van der Waals surface area contributed by atoms with Crippen LogP contribution in [0.2, 0.25) is 0 Å². The summed E-state index contributed by atoms with van der Waals surface area (Å²) in [5, 5.41) is 0. The van der Waals surface area contributed by atoms with Crippen molar-refractivity contribution >= 4 is 23.6 Å². The van der Waals surface area contributed by atoms with Gasteiger partial charge in [-0.1, -0.05) is 12.8 Å².